The first-order valence-corrected chi connectivity index (χ1v) is 4.46. The van der Waals surface area contributed by atoms with Crippen LogP contribution >= 0.6 is 0 Å². The molecule has 0 fully saturated rings. The molecule has 5 heteroatoms. The fourth-order valence-corrected chi connectivity index (χ4v) is 0.800. The van der Waals surface area contributed by atoms with Crippen LogP contribution in [-0.2, 0) is 0 Å². The normalized spacial score (nSPS) is 12.9. The summed E-state index contributed by atoms with van der Waals surface area (Å²) in [5, 5.41) is 11.6. The van der Waals surface area contributed by atoms with Crippen LogP contribution in [0, 0.1) is 5.92 Å². The van der Waals surface area contributed by atoms with E-state index in [-0.39, 0.29) is 17.8 Å². The Morgan fingerprint density at radius 3 is 2.64 bits per heavy atom. The molecule has 1 heterocycles. The van der Waals surface area contributed by atoms with Gasteiger partial charge in [0.05, 0.1) is 0 Å². The molecule has 1 aromatic rings. The molecule has 0 aliphatic heterocycles. The summed E-state index contributed by atoms with van der Waals surface area (Å²) < 4.78 is 4.94. The third-order valence-corrected chi connectivity index (χ3v) is 2.07. The van der Waals surface area contributed by atoms with E-state index in [1.54, 1.807) is 0 Å². The molecule has 1 unspecified atom stereocenters. The maximum Gasteiger partial charge on any atom is 0.357 e. The Morgan fingerprint density at radius 1 is 1.57 bits per heavy atom. The molecule has 0 radical (unpaired) electrons. The van der Waals surface area contributed by atoms with Crippen molar-refractivity contribution in [3.05, 3.63) is 12.0 Å². The molecule has 78 valence electrons. The van der Waals surface area contributed by atoms with Crippen molar-refractivity contribution in [2.75, 3.05) is 5.32 Å². The number of oxazole rings is 1. The number of aromatic carboxylic acids is 1. The van der Waals surface area contributed by atoms with Crippen molar-refractivity contribution in [3.8, 4) is 0 Å². The first-order chi connectivity index (χ1) is 6.50. The minimum atomic E-state index is -1.08. The summed E-state index contributed by atoms with van der Waals surface area (Å²) in [4.78, 5) is 14.2. The Bertz CT molecular complexity index is 320. The fraction of sp³-hybridized carbons (Fsp3) is 0.556. The summed E-state index contributed by atoms with van der Waals surface area (Å²) in [6.07, 6.45) is 1.12. The highest BCUT2D eigenvalue weighted by atomic mass is 16.4. The van der Waals surface area contributed by atoms with Gasteiger partial charge in [-0.2, -0.15) is 4.98 Å². The van der Waals surface area contributed by atoms with Crippen LogP contribution in [0.2, 0.25) is 0 Å². The molecule has 14 heavy (non-hydrogen) atoms. The van der Waals surface area contributed by atoms with Crippen LogP contribution in [0.5, 0.6) is 0 Å². The average Bonchev–Trinajstić information content (AvgIpc) is 2.52. The van der Waals surface area contributed by atoms with Gasteiger partial charge in [-0.05, 0) is 12.8 Å². The molecule has 0 aliphatic rings. The highest BCUT2D eigenvalue weighted by molar-refractivity contribution is 5.85. The van der Waals surface area contributed by atoms with Crippen molar-refractivity contribution in [1.29, 1.82) is 0 Å². The first-order valence-electron chi connectivity index (χ1n) is 4.46. The van der Waals surface area contributed by atoms with Gasteiger partial charge in [-0.15, -0.1) is 0 Å². The molecule has 0 aromatic carbocycles. The van der Waals surface area contributed by atoms with Gasteiger partial charge in [-0.25, -0.2) is 4.79 Å². The highest BCUT2D eigenvalue weighted by Crippen LogP contribution is 2.12. The van der Waals surface area contributed by atoms with E-state index in [2.05, 4.69) is 24.1 Å². The molecule has 0 saturated carbocycles. The maximum absolute atomic E-state index is 10.5. The van der Waals surface area contributed by atoms with Crippen LogP contribution in [0.25, 0.3) is 0 Å². The third-order valence-electron chi connectivity index (χ3n) is 2.07. The molecule has 0 bridgehead atoms. The fourth-order valence-electron chi connectivity index (χ4n) is 0.800. The van der Waals surface area contributed by atoms with E-state index >= 15 is 0 Å². The van der Waals surface area contributed by atoms with Gasteiger partial charge >= 0.3 is 5.97 Å². The van der Waals surface area contributed by atoms with Gasteiger partial charge in [0.1, 0.15) is 6.26 Å². The van der Waals surface area contributed by atoms with Gasteiger partial charge in [0.25, 0.3) is 6.01 Å². The molecule has 1 rings (SSSR count). The number of rotatable bonds is 4. The average molecular weight is 198 g/mol. The molecule has 2 N–H and O–H groups in total. The first kappa shape index (κ1) is 10.6. The van der Waals surface area contributed by atoms with Crippen LogP contribution in [0.15, 0.2) is 10.7 Å². The molecular formula is C9H14N2O3. The van der Waals surface area contributed by atoms with Gasteiger partial charge in [0.15, 0.2) is 5.69 Å². The summed E-state index contributed by atoms with van der Waals surface area (Å²) in [6.45, 7) is 6.09. The predicted molar refractivity (Wildman–Crippen MR) is 51.4 cm³/mol. The van der Waals surface area contributed by atoms with Crippen molar-refractivity contribution in [2.45, 2.75) is 26.8 Å². The number of carbonyl (C=O) groups is 1. The van der Waals surface area contributed by atoms with Crippen molar-refractivity contribution < 1.29 is 14.3 Å². The summed E-state index contributed by atoms with van der Waals surface area (Å²) in [6, 6.07) is 0.443. The van der Waals surface area contributed by atoms with Crippen molar-refractivity contribution in [3.63, 3.8) is 0 Å². The number of anilines is 1. The summed E-state index contributed by atoms with van der Waals surface area (Å²) >= 11 is 0. The molecule has 0 amide bonds. The Morgan fingerprint density at radius 2 is 2.21 bits per heavy atom. The lowest BCUT2D eigenvalue weighted by molar-refractivity contribution is 0.0690. The summed E-state index contributed by atoms with van der Waals surface area (Å²) in [7, 11) is 0. The number of nitrogens with one attached hydrogen (secondary N) is 1. The van der Waals surface area contributed by atoms with Gasteiger partial charge in [-0.1, -0.05) is 13.8 Å². The van der Waals surface area contributed by atoms with Gasteiger partial charge in [0, 0.05) is 6.04 Å². The van der Waals surface area contributed by atoms with E-state index in [9.17, 15) is 4.79 Å². The quantitative estimate of drug-likeness (QED) is 0.771. The molecule has 0 spiro atoms. The van der Waals surface area contributed by atoms with Crippen LogP contribution < -0.4 is 5.32 Å². The number of aromatic nitrogens is 1. The summed E-state index contributed by atoms with van der Waals surface area (Å²) in [5.41, 5.74) is -0.0801. The van der Waals surface area contributed by atoms with E-state index in [1.165, 1.54) is 0 Å². The Balaban J connectivity index is 2.64. The smallest absolute Gasteiger partial charge is 0.357 e. The lowest BCUT2D eigenvalue weighted by atomic mass is 10.1. The van der Waals surface area contributed by atoms with E-state index in [0.717, 1.165) is 6.26 Å². The number of hydrogen-bond donors (Lipinski definition) is 2. The molecule has 0 saturated heterocycles. The van der Waals surface area contributed by atoms with Crippen LogP contribution in [0.4, 0.5) is 6.01 Å². The van der Waals surface area contributed by atoms with Gasteiger partial charge < -0.3 is 14.8 Å². The minimum Gasteiger partial charge on any atom is -0.476 e. The van der Waals surface area contributed by atoms with Crippen molar-refractivity contribution in [1.82, 2.24) is 4.98 Å². The SMILES string of the molecule is CC(C)C(C)Nc1nc(C(=O)O)co1. The lowest BCUT2D eigenvalue weighted by Gasteiger charge is -2.15. The highest BCUT2D eigenvalue weighted by Gasteiger charge is 2.13. The van der Waals surface area contributed by atoms with Gasteiger partial charge in [-0.3, -0.25) is 0 Å². The van der Waals surface area contributed by atoms with Crippen molar-refractivity contribution >= 4 is 12.0 Å². The Kier molecular flexibility index (Phi) is 3.11. The second kappa shape index (κ2) is 4.13. The number of carboxylic acid groups (broad SMARTS) is 1. The van der Waals surface area contributed by atoms with Gasteiger partial charge in [0.2, 0.25) is 0 Å². The zero-order chi connectivity index (χ0) is 10.7. The van der Waals surface area contributed by atoms with Crippen LogP contribution in [0.3, 0.4) is 0 Å². The van der Waals surface area contributed by atoms with E-state index < -0.39 is 5.97 Å². The molecule has 0 aliphatic carbocycles. The zero-order valence-electron chi connectivity index (χ0n) is 8.44. The van der Waals surface area contributed by atoms with Crippen LogP contribution in [-0.4, -0.2) is 22.1 Å². The second-order valence-corrected chi connectivity index (χ2v) is 3.52. The number of hydrogen-bond acceptors (Lipinski definition) is 4. The third kappa shape index (κ3) is 2.48. The largest absolute Gasteiger partial charge is 0.476 e. The Labute approximate surface area is 82.1 Å². The van der Waals surface area contributed by atoms with E-state index in [4.69, 9.17) is 9.52 Å². The lowest BCUT2D eigenvalue weighted by Crippen LogP contribution is -2.21. The number of nitrogens with zero attached hydrogens (tertiary/aromatic N) is 1. The maximum atomic E-state index is 10.5. The van der Waals surface area contributed by atoms with Crippen molar-refractivity contribution in [2.24, 2.45) is 5.92 Å². The minimum absolute atomic E-state index is 0.0801. The molecule has 1 aromatic heterocycles. The van der Waals surface area contributed by atoms with E-state index in [0.29, 0.717) is 5.92 Å². The zero-order valence-corrected chi connectivity index (χ0v) is 8.44. The monoisotopic (exact) mass is 198 g/mol. The molecule has 5 nitrogen and oxygen atoms in total. The van der Waals surface area contributed by atoms with E-state index in [1.807, 2.05) is 6.92 Å². The number of carboxylic acids is 1. The Hall–Kier alpha value is -1.52. The molecule has 1 atom stereocenters. The predicted octanol–water partition coefficient (Wildman–Crippen LogP) is 1.83. The van der Waals surface area contributed by atoms with Crippen LogP contribution in [0.1, 0.15) is 31.3 Å². The second-order valence-electron chi connectivity index (χ2n) is 3.52. The molecular weight excluding hydrogens is 184 g/mol. The summed E-state index contributed by atoms with van der Waals surface area (Å²) in [5.74, 6) is -0.658. The topological polar surface area (TPSA) is 75.4 Å². The standard InChI is InChI=1S/C9H14N2O3/c1-5(2)6(3)10-9-11-7(4-14-9)8(12)13/h4-6H,1-3H3,(H,10,11)(H,12,13).